The van der Waals surface area contributed by atoms with E-state index in [1.807, 2.05) is 38.4 Å². The van der Waals surface area contributed by atoms with Crippen LogP contribution in [0, 0.1) is 0 Å². The fourth-order valence-corrected chi connectivity index (χ4v) is 1.60. The molecule has 0 radical (unpaired) electrons. The fraction of sp³-hybridized carbons (Fsp3) is 0.417. The summed E-state index contributed by atoms with van der Waals surface area (Å²) in [6.45, 7) is 0.975. The molecule has 0 fully saturated rings. The molecular formula is C12H18N2O2. The van der Waals surface area contributed by atoms with E-state index in [1.54, 1.807) is 0 Å². The van der Waals surface area contributed by atoms with Gasteiger partial charge in [-0.15, -0.1) is 0 Å². The van der Waals surface area contributed by atoms with Gasteiger partial charge in [0.2, 0.25) is 0 Å². The number of nitrogens with zero attached hydrogens (tertiary/aromatic N) is 1. The number of aliphatic carboxylic acids is 1. The van der Waals surface area contributed by atoms with Crippen molar-refractivity contribution in [2.75, 3.05) is 20.6 Å². The molecule has 3 N–H and O–H groups in total. The molecule has 0 aliphatic carbocycles. The van der Waals surface area contributed by atoms with Crippen LogP contribution in [0.1, 0.15) is 17.0 Å². The molecule has 0 heterocycles. The minimum Gasteiger partial charge on any atom is -0.481 e. The zero-order valence-corrected chi connectivity index (χ0v) is 9.68. The lowest BCUT2D eigenvalue weighted by molar-refractivity contribution is -0.138. The Hall–Kier alpha value is -1.39. The third-order valence-corrected chi connectivity index (χ3v) is 2.41. The molecule has 0 saturated carbocycles. The first-order valence-electron chi connectivity index (χ1n) is 5.21. The smallest absolute Gasteiger partial charge is 0.312 e. The summed E-state index contributed by atoms with van der Waals surface area (Å²) < 4.78 is 0. The Balaban J connectivity index is 2.81. The number of carboxylic acids is 1. The molecule has 4 nitrogen and oxygen atoms in total. The molecule has 1 aromatic rings. The Morgan fingerprint density at radius 2 is 1.94 bits per heavy atom. The van der Waals surface area contributed by atoms with Gasteiger partial charge in [0, 0.05) is 13.1 Å². The molecule has 4 heteroatoms. The van der Waals surface area contributed by atoms with E-state index in [0.29, 0.717) is 0 Å². The van der Waals surface area contributed by atoms with E-state index in [9.17, 15) is 4.79 Å². The molecule has 0 spiro atoms. The second-order valence-corrected chi connectivity index (χ2v) is 4.11. The summed E-state index contributed by atoms with van der Waals surface area (Å²) >= 11 is 0. The average Bonchev–Trinajstić information content (AvgIpc) is 2.20. The second-order valence-electron chi connectivity index (χ2n) is 4.11. The number of carbonyl (C=O) groups is 1. The Kier molecular flexibility index (Phi) is 4.46. The van der Waals surface area contributed by atoms with Crippen LogP contribution < -0.4 is 5.73 Å². The van der Waals surface area contributed by atoms with Gasteiger partial charge >= 0.3 is 5.97 Å². The zero-order valence-electron chi connectivity index (χ0n) is 9.68. The van der Waals surface area contributed by atoms with Gasteiger partial charge in [0.15, 0.2) is 0 Å². The van der Waals surface area contributed by atoms with E-state index in [-0.39, 0.29) is 6.54 Å². The van der Waals surface area contributed by atoms with Gasteiger partial charge in [-0.2, -0.15) is 0 Å². The highest BCUT2D eigenvalue weighted by Gasteiger charge is 2.17. The molecule has 0 aromatic heterocycles. The van der Waals surface area contributed by atoms with Crippen molar-refractivity contribution in [1.29, 1.82) is 0 Å². The maximum atomic E-state index is 10.9. The topological polar surface area (TPSA) is 66.6 Å². The van der Waals surface area contributed by atoms with Crippen molar-refractivity contribution in [3.63, 3.8) is 0 Å². The molecular weight excluding hydrogens is 204 g/mol. The third kappa shape index (κ3) is 3.32. The van der Waals surface area contributed by atoms with Crippen LogP contribution in [0.5, 0.6) is 0 Å². The summed E-state index contributed by atoms with van der Waals surface area (Å²) in [4.78, 5) is 13.0. The summed E-state index contributed by atoms with van der Waals surface area (Å²) in [6.07, 6.45) is 0. The van der Waals surface area contributed by atoms with Crippen LogP contribution in [0.15, 0.2) is 24.3 Å². The van der Waals surface area contributed by atoms with Crippen LogP contribution in [0.4, 0.5) is 0 Å². The molecule has 0 bridgehead atoms. The van der Waals surface area contributed by atoms with Gasteiger partial charge in [-0.1, -0.05) is 24.3 Å². The number of carboxylic acid groups (broad SMARTS) is 1. The molecule has 1 rings (SSSR count). The van der Waals surface area contributed by atoms with Crippen LogP contribution in [-0.4, -0.2) is 36.6 Å². The van der Waals surface area contributed by atoms with Gasteiger partial charge in [0.05, 0.1) is 5.92 Å². The van der Waals surface area contributed by atoms with E-state index >= 15 is 0 Å². The number of benzene rings is 1. The summed E-state index contributed by atoms with van der Waals surface area (Å²) in [7, 11) is 3.99. The summed E-state index contributed by atoms with van der Waals surface area (Å²) in [5.41, 5.74) is 7.36. The maximum absolute atomic E-state index is 10.9. The van der Waals surface area contributed by atoms with Gasteiger partial charge in [0.1, 0.15) is 0 Å². The van der Waals surface area contributed by atoms with Crippen molar-refractivity contribution in [3.8, 4) is 0 Å². The first-order chi connectivity index (χ1) is 7.54. The van der Waals surface area contributed by atoms with Crippen molar-refractivity contribution >= 4 is 5.97 Å². The quantitative estimate of drug-likeness (QED) is 0.776. The minimum absolute atomic E-state index is 0.127. The van der Waals surface area contributed by atoms with Crippen molar-refractivity contribution in [2.45, 2.75) is 12.5 Å². The molecule has 0 amide bonds. The third-order valence-electron chi connectivity index (χ3n) is 2.41. The largest absolute Gasteiger partial charge is 0.481 e. The SMILES string of the molecule is CN(C)Cc1ccc(C(CN)C(=O)O)cc1. The zero-order chi connectivity index (χ0) is 12.1. The predicted octanol–water partition coefficient (Wildman–Crippen LogP) is 0.875. The van der Waals surface area contributed by atoms with Crippen molar-refractivity contribution in [2.24, 2.45) is 5.73 Å². The number of rotatable bonds is 5. The van der Waals surface area contributed by atoms with E-state index in [1.165, 1.54) is 0 Å². The van der Waals surface area contributed by atoms with Crippen LogP contribution in [0.2, 0.25) is 0 Å². The second kappa shape index (κ2) is 5.63. The highest BCUT2D eigenvalue weighted by molar-refractivity contribution is 5.76. The standard InChI is InChI=1S/C12H18N2O2/c1-14(2)8-9-3-5-10(6-4-9)11(7-13)12(15)16/h3-6,11H,7-8,13H2,1-2H3,(H,15,16). The van der Waals surface area contributed by atoms with Gasteiger partial charge in [-0.25, -0.2) is 0 Å². The summed E-state index contributed by atoms with van der Waals surface area (Å²) in [6, 6.07) is 7.57. The van der Waals surface area contributed by atoms with Crippen LogP contribution >= 0.6 is 0 Å². The summed E-state index contributed by atoms with van der Waals surface area (Å²) in [5.74, 6) is -1.48. The molecule has 88 valence electrons. The van der Waals surface area contributed by atoms with Gasteiger partial charge in [0.25, 0.3) is 0 Å². The minimum atomic E-state index is -0.872. The number of hydrogen-bond acceptors (Lipinski definition) is 3. The summed E-state index contributed by atoms with van der Waals surface area (Å²) in [5, 5.41) is 8.95. The lowest BCUT2D eigenvalue weighted by Crippen LogP contribution is -2.21. The molecule has 0 aliphatic rings. The number of hydrogen-bond donors (Lipinski definition) is 2. The molecule has 1 aromatic carbocycles. The fourth-order valence-electron chi connectivity index (χ4n) is 1.60. The molecule has 0 saturated heterocycles. The molecule has 1 atom stereocenters. The highest BCUT2D eigenvalue weighted by Crippen LogP contribution is 2.16. The lowest BCUT2D eigenvalue weighted by Gasteiger charge is -2.12. The average molecular weight is 222 g/mol. The highest BCUT2D eigenvalue weighted by atomic mass is 16.4. The molecule has 16 heavy (non-hydrogen) atoms. The molecule has 0 aliphatic heterocycles. The maximum Gasteiger partial charge on any atom is 0.312 e. The Bertz CT molecular complexity index is 347. The van der Waals surface area contributed by atoms with Crippen LogP contribution in [-0.2, 0) is 11.3 Å². The van der Waals surface area contributed by atoms with Crippen molar-refractivity contribution in [3.05, 3.63) is 35.4 Å². The van der Waals surface area contributed by atoms with E-state index in [0.717, 1.165) is 17.7 Å². The van der Waals surface area contributed by atoms with Gasteiger partial charge in [-0.3, -0.25) is 4.79 Å². The first-order valence-corrected chi connectivity index (χ1v) is 5.21. The number of nitrogens with two attached hydrogens (primary N) is 1. The monoisotopic (exact) mass is 222 g/mol. The van der Waals surface area contributed by atoms with Crippen molar-refractivity contribution in [1.82, 2.24) is 4.90 Å². The first kappa shape index (κ1) is 12.7. The molecule has 1 unspecified atom stereocenters. The Labute approximate surface area is 95.7 Å². The van der Waals surface area contributed by atoms with Crippen LogP contribution in [0.3, 0.4) is 0 Å². The van der Waals surface area contributed by atoms with E-state index < -0.39 is 11.9 Å². The predicted molar refractivity (Wildman–Crippen MR) is 63.3 cm³/mol. The Morgan fingerprint density at radius 1 is 1.38 bits per heavy atom. The van der Waals surface area contributed by atoms with E-state index in [2.05, 4.69) is 4.90 Å². The van der Waals surface area contributed by atoms with Gasteiger partial charge < -0.3 is 15.7 Å². The van der Waals surface area contributed by atoms with Gasteiger partial charge in [-0.05, 0) is 25.2 Å². The normalized spacial score (nSPS) is 12.8. The van der Waals surface area contributed by atoms with E-state index in [4.69, 9.17) is 10.8 Å². The lowest BCUT2D eigenvalue weighted by atomic mass is 9.98. The Morgan fingerprint density at radius 3 is 2.31 bits per heavy atom. The van der Waals surface area contributed by atoms with Crippen molar-refractivity contribution < 1.29 is 9.90 Å². The van der Waals surface area contributed by atoms with Crippen LogP contribution in [0.25, 0.3) is 0 Å².